The minimum atomic E-state index is -0.145. The molecule has 13 heavy (non-hydrogen) atoms. The molecule has 1 aliphatic rings. The van der Waals surface area contributed by atoms with Gasteiger partial charge in [-0.15, -0.1) is 0 Å². The van der Waals surface area contributed by atoms with E-state index in [9.17, 15) is 9.59 Å². The maximum atomic E-state index is 11.1. The molecule has 1 saturated carbocycles. The Kier molecular flexibility index (Phi) is 4.50. The van der Waals surface area contributed by atoms with Crippen LogP contribution in [0.1, 0.15) is 44.9 Å². The Bertz CT molecular complexity index is 171. The maximum absolute atomic E-state index is 11.1. The van der Waals surface area contributed by atoms with E-state index in [0.717, 1.165) is 19.1 Å². The molecule has 0 spiro atoms. The van der Waals surface area contributed by atoms with Gasteiger partial charge in [-0.1, -0.05) is 0 Å². The third kappa shape index (κ3) is 4.06. The average molecular weight is 184 g/mol. The lowest BCUT2D eigenvalue weighted by Crippen LogP contribution is -2.14. The highest BCUT2D eigenvalue weighted by Gasteiger charge is 2.18. The van der Waals surface area contributed by atoms with Gasteiger partial charge in [0.15, 0.2) is 0 Å². The smallest absolute Gasteiger partial charge is 0.306 e. The molecule has 0 aromatic carbocycles. The first-order chi connectivity index (χ1) is 6.33. The highest BCUT2D eigenvalue weighted by atomic mass is 16.5. The zero-order chi connectivity index (χ0) is 9.52. The van der Waals surface area contributed by atoms with Crippen molar-refractivity contribution in [2.24, 2.45) is 0 Å². The molecule has 0 heterocycles. The molecular weight excluding hydrogens is 168 g/mol. The van der Waals surface area contributed by atoms with Gasteiger partial charge < -0.3 is 9.53 Å². The predicted molar refractivity (Wildman–Crippen MR) is 48.3 cm³/mol. The van der Waals surface area contributed by atoms with Crippen molar-refractivity contribution in [3.05, 3.63) is 0 Å². The molecule has 0 aromatic heterocycles. The van der Waals surface area contributed by atoms with Crippen LogP contribution in [0.3, 0.4) is 0 Å². The number of esters is 1. The van der Waals surface area contributed by atoms with Gasteiger partial charge in [0.05, 0.1) is 0 Å². The van der Waals surface area contributed by atoms with Gasteiger partial charge in [-0.3, -0.25) is 4.79 Å². The lowest BCUT2D eigenvalue weighted by molar-refractivity contribution is -0.148. The van der Waals surface area contributed by atoms with E-state index in [1.807, 2.05) is 0 Å². The molecular formula is C10H16O3. The fourth-order valence-electron chi connectivity index (χ4n) is 1.58. The molecule has 1 aliphatic carbocycles. The van der Waals surface area contributed by atoms with Gasteiger partial charge in [0, 0.05) is 12.8 Å². The number of hydrogen-bond donors (Lipinski definition) is 0. The molecule has 0 aromatic rings. The molecule has 0 radical (unpaired) electrons. The van der Waals surface area contributed by atoms with E-state index < -0.39 is 0 Å². The summed E-state index contributed by atoms with van der Waals surface area (Å²) in [6, 6.07) is 0. The third-order valence-corrected chi connectivity index (χ3v) is 2.30. The molecule has 0 amide bonds. The molecule has 1 rings (SSSR count). The fraction of sp³-hybridized carbons (Fsp3) is 0.800. The van der Waals surface area contributed by atoms with Gasteiger partial charge in [-0.05, 0) is 32.1 Å². The van der Waals surface area contributed by atoms with Crippen LogP contribution in [0.25, 0.3) is 0 Å². The molecule has 74 valence electrons. The largest absolute Gasteiger partial charge is 0.462 e. The van der Waals surface area contributed by atoms with Crippen molar-refractivity contribution in [3.63, 3.8) is 0 Å². The van der Waals surface area contributed by atoms with E-state index in [4.69, 9.17) is 4.74 Å². The van der Waals surface area contributed by atoms with Crippen molar-refractivity contribution >= 4 is 12.3 Å². The Hall–Kier alpha value is -0.860. The highest BCUT2D eigenvalue weighted by Crippen LogP contribution is 2.21. The Balaban J connectivity index is 2.05. The van der Waals surface area contributed by atoms with Gasteiger partial charge in [0.1, 0.15) is 12.4 Å². The number of rotatable bonds is 5. The van der Waals surface area contributed by atoms with Crippen LogP contribution in [0.5, 0.6) is 0 Å². The first kappa shape index (κ1) is 10.2. The van der Waals surface area contributed by atoms with E-state index in [-0.39, 0.29) is 12.1 Å². The standard InChI is InChI=1S/C10H16O3/c11-8-4-3-7-10(12)13-9-5-1-2-6-9/h8-9H,1-7H2. The Morgan fingerprint density at radius 3 is 2.69 bits per heavy atom. The SMILES string of the molecule is O=CCCCC(=O)OC1CCCC1. The summed E-state index contributed by atoms with van der Waals surface area (Å²) in [5.74, 6) is -0.145. The molecule has 0 unspecified atom stereocenters. The van der Waals surface area contributed by atoms with Crippen molar-refractivity contribution in [2.75, 3.05) is 0 Å². The van der Waals surface area contributed by atoms with E-state index in [0.29, 0.717) is 19.3 Å². The van der Waals surface area contributed by atoms with Crippen molar-refractivity contribution < 1.29 is 14.3 Å². The summed E-state index contributed by atoms with van der Waals surface area (Å²) in [5, 5.41) is 0. The van der Waals surface area contributed by atoms with E-state index in [1.165, 1.54) is 12.8 Å². The van der Waals surface area contributed by atoms with Gasteiger partial charge in [0.25, 0.3) is 0 Å². The van der Waals surface area contributed by atoms with Crippen LogP contribution >= 0.6 is 0 Å². The molecule has 0 N–H and O–H groups in total. The van der Waals surface area contributed by atoms with Crippen LogP contribution in [0.4, 0.5) is 0 Å². The van der Waals surface area contributed by atoms with Crippen LogP contribution in [0.15, 0.2) is 0 Å². The Morgan fingerprint density at radius 2 is 2.08 bits per heavy atom. The van der Waals surface area contributed by atoms with Crippen LogP contribution in [0.2, 0.25) is 0 Å². The molecule has 3 heteroatoms. The topological polar surface area (TPSA) is 43.4 Å². The predicted octanol–water partition coefficient (Wildman–Crippen LogP) is 1.84. The number of hydrogen-bond acceptors (Lipinski definition) is 3. The summed E-state index contributed by atoms with van der Waals surface area (Å²) in [7, 11) is 0. The second kappa shape index (κ2) is 5.73. The summed E-state index contributed by atoms with van der Waals surface area (Å²) in [6.45, 7) is 0. The van der Waals surface area contributed by atoms with E-state index in [1.54, 1.807) is 0 Å². The number of unbranched alkanes of at least 4 members (excludes halogenated alkanes) is 1. The monoisotopic (exact) mass is 184 g/mol. The summed E-state index contributed by atoms with van der Waals surface area (Å²) < 4.78 is 5.20. The Morgan fingerprint density at radius 1 is 1.38 bits per heavy atom. The molecule has 0 atom stereocenters. The summed E-state index contributed by atoms with van der Waals surface area (Å²) in [4.78, 5) is 21.1. The van der Waals surface area contributed by atoms with Crippen molar-refractivity contribution in [1.82, 2.24) is 0 Å². The van der Waals surface area contributed by atoms with Crippen molar-refractivity contribution in [1.29, 1.82) is 0 Å². The van der Waals surface area contributed by atoms with Crippen molar-refractivity contribution in [2.45, 2.75) is 51.0 Å². The summed E-state index contributed by atoms with van der Waals surface area (Å²) in [5.41, 5.74) is 0. The zero-order valence-corrected chi connectivity index (χ0v) is 7.83. The van der Waals surface area contributed by atoms with Gasteiger partial charge in [-0.2, -0.15) is 0 Å². The van der Waals surface area contributed by atoms with E-state index >= 15 is 0 Å². The first-order valence-corrected chi connectivity index (χ1v) is 4.96. The third-order valence-electron chi connectivity index (χ3n) is 2.30. The quantitative estimate of drug-likeness (QED) is 0.372. The number of aldehydes is 1. The lowest BCUT2D eigenvalue weighted by atomic mass is 10.2. The van der Waals surface area contributed by atoms with Crippen LogP contribution < -0.4 is 0 Å². The first-order valence-electron chi connectivity index (χ1n) is 4.96. The summed E-state index contributed by atoms with van der Waals surface area (Å²) in [6.07, 6.45) is 6.83. The second-order valence-corrected chi connectivity index (χ2v) is 3.46. The molecule has 0 bridgehead atoms. The fourth-order valence-corrected chi connectivity index (χ4v) is 1.58. The second-order valence-electron chi connectivity index (χ2n) is 3.46. The highest BCUT2D eigenvalue weighted by molar-refractivity contribution is 5.70. The van der Waals surface area contributed by atoms with Gasteiger partial charge in [-0.25, -0.2) is 0 Å². The average Bonchev–Trinajstić information content (AvgIpc) is 2.57. The molecule has 0 saturated heterocycles. The van der Waals surface area contributed by atoms with Crippen LogP contribution in [0, 0.1) is 0 Å². The van der Waals surface area contributed by atoms with E-state index in [2.05, 4.69) is 0 Å². The Labute approximate surface area is 78.5 Å². The maximum Gasteiger partial charge on any atom is 0.306 e. The lowest BCUT2D eigenvalue weighted by Gasteiger charge is -2.10. The van der Waals surface area contributed by atoms with Crippen LogP contribution in [-0.4, -0.2) is 18.4 Å². The molecule has 0 aliphatic heterocycles. The number of carbonyl (C=O) groups is 2. The minimum Gasteiger partial charge on any atom is -0.462 e. The van der Waals surface area contributed by atoms with Crippen LogP contribution in [-0.2, 0) is 14.3 Å². The zero-order valence-electron chi connectivity index (χ0n) is 7.83. The number of ether oxygens (including phenoxy) is 1. The van der Waals surface area contributed by atoms with Gasteiger partial charge in [0.2, 0.25) is 0 Å². The normalized spacial score (nSPS) is 17.2. The summed E-state index contributed by atoms with van der Waals surface area (Å²) >= 11 is 0. The minimum absolute atomic E-state index is 0.145. The van der Waals surface area contributed by atoms with Gasteiger partial charge >= 0.3 is 5.97 Å². The van der Waals surface area contributed by atoms with Crippen molar-refractivity contribution in [3.8, 4) is 0 Å². The molecule has 3 nitrogen and oxygen atoms in total. The molecule has 1 fully saturated rings. The number of carbonyl (C=O) groups excluding carboxylic acids is 2.